The van der Waals surface area contributed by atoms with Crippen molar-refractivity contribution in [3.05, 3.63) is 72.3 Å². The van der Waals surface area contributed by atoms with Crippen molar-refractivity contribution in [2.24, 2.45) is 0 Å². The summed E-state index contributed by atoms with van der Waals surface area (Å²) in [7, 11) is -4.35. The molecule has 0 aliphatic carbocycles. The molecule has 4 aromatic heterocycles. The minimum Gasteiger partial charge on any atom is -0.372 e. The van der Waals surface area contributed by atoms with Crippen LogP contribution in [-0.4, -0.2) is 61.1 Å². The molecule has 0 aromatic carbocycles. The van der Waals surface area contributed by atoms with Gasteiger partial charge in [-0.1, -0.05) is 6.07 Å². The smallest absolute Gasteiger partial charge is 0.323 e. The van der Waals surface area contributed by atoms with Gasteiger partial charge in [0.15, 0.2) is 0 Å². The predicted octanol–water partition coefficient (Wildman–Crippen LogP) is 4.26. The van der Waals surface area contributed by atoms with Crippen LogP contribution in [0.5, 0.6) is 0 Å². The molecule has 3 atom stereocenters. The lowest BCUT2D eigenvalue weighted by atomic mass is 10.1. The summed E-state index contributed by atoms with van der Waals surface area (Å²) in [6, 6.07) is 13.3. The molecule has 1 aliphatic heterocycles. The molecule has 2 N–H and O–H groups in total. The molecule has 5 rings (SSSR count). The fourth-order valence-corrected chi connectivity index (χ4v) is 5.25. The number of carbonyl (C=O) groups excluding carboxylic acids is 1. The Hall–Kier alpha value is -4.10. The lowest BCUT2D eigenvalue weighted by Crippen LogP contribution is -2.45. The van der Waals surface area contributed by atoms with E-state index in [-0.39, 0.29) is 24.4 Å². The Morgan fingerprint density at radius 2 is 1.85 bits per heavy atom. The topological polar surface area (TPSA) is 134 Å². The van der Waals surface area contributed by atoms with E-state index >= 15 is 0 Å². The fraction of sp³-hybridized carbons (Fsp3) is 0.296. The first kappa shape index (κ1) is 27.5. The van der Waals surface area contributed by atoms with Crippen molar-refractivity contribution in [3.8, 4) is 11.4 Å². The van der Waals surface area contributed by atoms with Gasteiger partial charge < -0.3 is 15.0 Å². The summed E-state index contributed by atoms with van der Waals surface area (Å²) in [5, 5.41) is 3.43. The van der Waals surface area contributed by atoms with Gasteiger partial charge in [0.1, 0.15) is 21.2 Å². The molecular formula is C27H27F2N7O3S. The highest BCUT2D eigenvalue weighted by Gasteiger charge is 2.24. The standard InChI is InChI=1S/C27H27F2N7O3S/c1-16-14-36(15-17(2)39-16)25-5-3-4-21(35-25)22-7-6-18-12-32-19(10-23(18)34-22)13-33-26(37)24-11-20(8-9-31-24)40(30,38)27(28)29/h3-12,16-17,27,30H,13-15H2,1-2H3,(H,33,37)/t16-,17+,40-/m0/s1. The van der Waals surface area contributed by atoms with E-state index < -0.39 is 26.3 Å². The van der Waals surface area contributed by atoms with Gasteiger partial charge in [0.05, 0.1) is 46.2 Å². The zero-order valence-corrected chi connectivity index (χ0v) is 22.6. The number of hydrogen-bond acceptors (Lipinski definition) is 9. The van der Waals surface area contributed by atoms with Crippen LogP contribution in [0.2, 0.25) is 0 Å². The van der Waals surface area contributed by atoms with Gasteiger partial charge in [0.25, 0.3) is 5.91 Å². The minimum atomic E-state index is -4.35. The highest BCUT2D eigenvalue weighted by molar-refractivity contribution is 7.92. The van der Waals surface area contributed by atoms with Crippen molar-refractivity contribution in [2.75, 3.05) is 18.0 Å². The van der Waals surface area contributed by atoms with Crippen molar-refractivity contribution >= 4 is 32.4 Å². The summed E-state index contributed by atoms with van der Waals surface area (Å²) in [4.78, 5) is 32.2. The maximum Gasteiger partial charge on any atom is 0.323 e. The van der Waals surface area contributed by atoms with E-state index in [0.29, 0.717) is 16.9 Å². The van der Waals surface area contributed by atoms with E-state index in [9.17, 15) is 17.8 Å². The lowest BCUT2D eigenvalue weighted by molar-refractivity contribution is -0.00545. The molecule has 1 amide bonds. The van der Waals surface area contributed by atoms with Gasteiger partial charge in [0.2, 0.25) is 0 Å². The fourth-order valence-electron chi connectivity index (χ4n) is 4.49. The second-order valence-electron chi connectivity index (χ2n) is 9.53. The Morgan fingerprint density at radius 3 is 2.60 bits per heavy atom. The van der Waals surface area contributed by atoms with Gasteiger partial charge in [-0.05, 0) is 56.3 Å². The number of aromatic nitrogens is 4. The third-order valence-corrected chi connectivity index (χ3v) is 7.82. The molecule has 10 nitrogen and oxygen atoms in total. The quantitative estimate of drug-likeness (QED) is 0.338. The van der Waals surface area contributed by atoms with Crippen LogP contribution in [0.3, 0.4) is 0 Å². The molecule has 1 aliphatic rings. The molecule has 0 saturated carbocycles. The van der Waals surface area contributed by atoms with Crippen molar-refractivity contribution in [3.63, 3.8) is 0 Å². The molecular weight excluding hydrogens is 540 g/mol. The number of nitrogens with zero attached hydrogens (tertiary/aromatic N) is 5. The summed E-state index contributed by atoms with van der Waals surface area (Å²) in [5.41, 5.74) is 2.34. The van der Waals surface area contributed by atoms with Crippen LogP contribution in [0.4, 0.5) is 14.6 Å². The number of pyridine rings is 4. The second-order valence-corrected chi connectivity index (χ2v) is 11.6. The number of fused-ring (bicyclic) bond motifs is 1. The van der Waals surface area contributed by atoms with Crippen LogP contribution in [0.15, 0.2) is 65.8 Å². The number of nitrogens with one attached hydrogen (secondary N) is 2. The normalized spacial score (nSPS) is 19.0. The Morgan fingerprint density at radius 1 is 1.10 bits per heavy atom. The number of alkyl halides is 2. The van der Waals surface area contributed by atoms with E-state index in [4.69, 9.17) is 19.5 Å². The van der Waals surface area contributed by atoms with Crippen molar-refractivity contribution < 1.29 is 22.5 Å². The zero-order chi connectivity index (χ0) is 28.4. The number of morpholine rings is 1. The first-order chi connectivity index (χ1) is 19.1. The summed E-state index contributed by atoms with van der Waals surface area (Å²) in [6.07, 6.45) is 2.93. The van der Waals surface area contributed by atoms with Crippen LogP contribution in [0, 0.1) is 4.78 Å². The Labute approximate surface area is 229 Å². The van der Waals surface area contributed by atoms with Gasteiger partial charge in [0, 0.05) is 30.9 Å². The van der Waals surface area contributed by atoms with Crippen LogP contribution >= 0.6 is 0 Å². The molecule has 1 saturated heterocycles. The number of halogens is 2. The highest BCUT2D eigenvalue weighted by Crippen LogP contribution is 2.24. The van der Waals surface area contributed by atoms with E-state index in [1.54, 1.807) is 12.3 Å². The summed E-state index contributed by atoms with van der Waals surface area (Å²) in [6.45, 7) is 5.60. The third-order valence-electron chi connectivity index (χ3n) is 6.37. The Kier molecular flexibility index (Phi) is 7.68. The van der Waals surface area contributed by atoms with Gasteiger partial charge in [-0.2, -0.15) is 8.78 Å². The van der Waals surface area contributed by atoms with Crippen molar-refractivity contribution in [1.29, 1.82) is 4.78 Å². The van der Waals surface area contributed by atoms with Gasteiger partial charge >= 0.3 is 5.76 Å². The molecule has 0 spiro atoms. The molecule has 5 heterocycles. The largest absolute Gasteiger partial charge is 0.372 e. The summed E-state index contributed by atoms with van der Waals surface area (Å²) in [5.74, 6) is -3.20. The van der Waals surface area contributed by atoms with E-state index in [2.05, 4.69) is 20.2 Å². The number of rotatable bonds is 7. The van der Waals surface area contributed by atoms with E-state index in [0.717, 1.165) is 48.3 Å². The van der Waals surface area contributed by atoms with Crippen molar-refractivity contribution in [2.45, 2.75) is 43.3 Å². The highest BCUT2D eigenvalue weighted by atomic mass is 32.2. The van der Waals surface area contributed by atoms with Gasteiger partial charge in [-0.25, -0.2) is 19.0 Å². The average Bonchev–Trinajstić information content (AvgIpc) is 2.95. The van der Waals surface area contributed by atoms with Crippen LogP contribution in [-0.2, 0) is 21.0 Å². The summed E-state index contributed by atoms with van der Waals surface area (Å²) < 4.78 is 51.2. The van der Waals surface area contributed by atoms with Crippen LogP contribution in [0.25, 0.3) is 22.3 Å². The predicted molar refractivity (Wildman–Crippen MR) is 146 cm³/mol. The number of amides is 1. The molecule has 0 unspecified atom stereocenters. The third kappa shape index (κ3) is 5.89. The number of ether oxygens (including phenoxy) is 1. The zero-order valence-electron chi connectivity index (χ0n) is 21.8. The van der Waals surface area contributed by atoms with Gasteiger partial charge in [-0.3, -0.25) is 14.8 Å². The second kappa shape index (κ2) is 11.2. The van der Waals surface area contributed by atoms with E-state index in [1.165, 1.54) is 0 Å². The molecule has 1 fully saturated rings. The minimum absolute atomic E-state index is 0.0127. The first-order valence-electron chi connectivity index (χ1n) is 12.5. The van der Waals surface area contributed by atoms with Crippen LogP contribution in [0.1, 0.15) is 30.0 Å². The Balaban J connectivity index is 1.33. The first-order valence-corrected chi connectivity index (χ1v) is 14.2. The molecule has 0 radical (unpaired) electrons. The summed E-state index contributed by atoms with van der Waals surface area (Å²) >= 11 is 0. The van der Waals surface area contributed by atoms with E-state index in [1.807, 2.05) is 44.2 Å². The average molecular weight is 568 g/mol. The Bertz CT molecular complexity index is 1660. The maximum absolute atomic E-state index is 13.0. The van der Waals surface area contributed by atoms with Crippen LogP contribution < -0.4 is 10.2 Å². The number of anilines is 1. The molecule has 13 heteroatoms. The SMILES string of the molecule is C[C@@H]1CN(c2cccc(-c3ccc4cnc(CNC(=O)c5cc([S@](=N)(=O)C(F)F)ccn5)cc4n3)n2)C[C@H](C)O1. The van der Waals surface area contributed by atoms with Crippen molar-refractivity contribution in [1.82, 2.24) is 25.3 Å². The number of carbonyl (C=O) groups is 1. The molecule has 0 bridgehead atoms. The molecule has 40 heavy (non-hydrogen) atoms. The lowest BCUT2D eigenvalue weighted by Gasteiger charge is -2.36. The monoisotopic (exact) mass is 567 g/mol. The molecule has 208 valence electrons. The molecule has 4 aromatic rings. The number of hydrogen-bond donors (Lipinski definition) is 2. The van der Waals surface area contributed by atoms with Gasteiger partial charge in [-0.15, -0.1) is 0 Å². The maximum atomic E-state index is 13.0.